The number of thiocarbonyl (C=S) groups is 1. The number of hydrogen-bond acceptors (Lipinski definition) is 5. The molecule has 28 heavy (non-hydrogen) atoms. The van der Waals surface area contributed by atoms with Gasteiger partial charge in [-0.2, -0.15) is 0 Å². The molecule has 2 N–H and O–H groups in total. The van der Waals surface area contributed by atoms with E-state index in [-0.39, 0.29) is 12.1 Å². The van der Waals surface area contributed by atoms with Crippen molar-refractivity contribution in [3.05, 3.63) is 35.0 Å². The maximum atomic E-state index is 13.2. The van der Waals surface area contributed by atoms with Crippen molar-refractivity contribution < 1.29 is 19.0 Å². The number of esters is 1. The highest BCUT2D eigenvalue weighted by Crippen LogP contribution is 2.36. The molecule has 1 aliphatic carbocycles. The van der Waals surface area contributed by atoms with Crippen LogP contribution in [0.5, 0.6) is 11.5 Å². The van der Waals surface area contributed by atoms with Gasteiger partial charge in [-0.3, -0.25) is 0 Å². The summed E-state index contributed by atoms with van der Waals surface area (Å²) in [7, 11) is 3.20. The quantitative estimate of drug-likeness (QED) is 0.574. The molecule has 1 aliphatic heterocycles. The van der Waals surface area contributed by atoms with Crippen LogP contribution in [0.15, 0.2) is 29.5 Å². The van der Waals surface area contributed by atoms with Crippen LogP contribution in [-0.4, -0.2) is 31.4 Å². The Bertz CT molecular complexity index is 793. The molecule has 1 aromatic carbocycles. The van der Waals surface area contributed by atoms with Crippen LogP contribution in [0.25, 0.3) is 0 Å². The first-order chi connectivity index (χ1) is 13.4. The molecule has 1 saturated carbocycles. The van der Waals surface area contributed by atoms with Gasteiger partial charge in [-0.25, -0.2) is 4.79 Å². The van der Waals surface area contributed by atoms with Crippen LogP contribution in [0.3, 0.4) is 0 Å². The van der Waals surface area contributed by atoms with Gasteiger partial charge >= 0.3 is 5.97 Å². The van der Waals surface area contributed by atoms with Gasteiger partial charge in [-0.15, -0.1) is 0 Å². The van der Waals surface area contributed by atoms with Gasteiger partial charge in [0.1, 0.15) is 17.6 Å². The van der Waals surface area contributed by atoms with Gasteiger partial charge in [0.15, 0.2) is 5.11 Å². The lowest BCUT2D eigenvalue weighted by Crippen LogP contribution is -2.45. The number of rotatable bonds is 5. The molecule has 3 atom stereocenters. The van der Waals surface area contributed by atoms with Gasteiger partial charge in [-0.05, 0) is 62.5 Å². The summed E-state index contributed by atoms with van der Waals surface area (Å²) in [6.45, 7) is 4.05. The molecule has 1 heterocycles. The number of nitrogens with one attached hydrogen (secondary N) is 2. The number of carbonyl (C=O) groups excluding carboxylic acids is 1. The molecule has 2 aliphatic rings. The Kier molecular flexibility index (Phi) is 6.44. The third kappa shape index (κ3) is 4.41. The van der Waals surface area contributed by atoms with Crippen LogP contribution >= 0.6 is 12.2 Å². The standard InChI is InChI=1S/C21H28N2O4S/c1-12-6-5-7-15(10-12)27-20(24)18-13(2)22-21(28)23-19(18)16-11-14(25-3)8-9-17(16)26-4/h8-9,11-12,15,19H,5-7,10H2,1-4H3,(H2,22,23,28)/t12-,15-,19+/m0/s1. The van der Waals surface area contributed by atoms with Crippen molar-refractivity contribution in [3.63, 3.8) is 0 Å². The Hall–Kier alpha value is -2.28. The minimum absolute atomic E-state index is 0.0433. The summed E-state index contributed by atoms with van der Waals surface area (Å²) in [6.07, 6.45) is 4.05. The first kappa shape index (κ1) is 20.5. The van der Waals surface area contributed by atoms with Crippen molar-refractivity contribution in [2.45, 2.75) is 51.7 Å². The molecule has 7 heteroatoms. The van der Waals surface area contributed by atoms with Crippen molar-refractivity contribution in [3.8, 4) is 11.5 Å². The fourth-order valence-corrected chi connectivity index (χ4v) is 4.23. The first-order valence-corrected chi connectivity index (χ1v) is 10.0. The van der Waals surface area contributed by atoms with Crippen molar-refractivity contribution in [1.82, 2.24) is 10.6 Å². The highest BCUT2D eigenvalue weighted by atomic mass is 32.1. The smallest absolute Gasteiger partial charge is 0.338 e. The second-order valence-corrected chi connectivity index (χ2v) is 7.89. The average Bonchev–Trinajstić information content (AvgIpc) is 2.66. The van der Waals surface area contributed by atoms with E-state index >= 15 is 0 Å². The molecule has 0 aromatic heterocycles. The first-order valence-electron chi connectivity index (χ1n) is 9.64. The van der Waals surface area contributed by atoms with E-state index in [2.05, 4.69) is 17.6 Å². The molecule has 0 bridgehead atoms. The zero-order valence-corrected chi connectivity index (χ0v) is 17.7. The molecule has 0 radical (unpaired) electrons. The molecular formula is C21H28N2O4S. The molecule has 152 valence electrons. The molecular weight excluding hydrogens is 376 g/mol. The van der Waals surface area contributed by atoms with E-state index in [4.69, 9.17) is 26.4 Å². The summed E-state index contributed by atoms with van der Waals surface area (Å²) in [5, 5.41) is 6.70. The molecule has 3 rings (SSSR count). The fourth-order valence-electron chi connectivity index (χ4n) is 3.96. The van der Waals surface area contributed by atoms with Crippen molar-refractivity contribution in [2.75, 3.05) is 14.2 Å². The minimum Gasteiger partial charge on any atom is -0.497 e. The topological polar surface area (TPSA) is 68.8 Å². The number of methoxy groups -OCH3 is 2. The van der Waals surface area contributed by atoms with Crippen LogP contribution in [0.4, 0.5) is 0 Å². The van der Waals surface area contributed by atoms with Gasteiger partial charge in [0.05, 0.1) is 25.8 Å². The monoisotopic (exact) mass is 404 g/mol. The SMILES string of the molecule is COc1ccc(OC)c([C@H]2NC(=S)NC(C)=C2C(=O)O[C@H]2CCC[C@H](C)C2)c1. The third-order valence-corrected chi connectivity index (χ3v) is 5.62. The Labute approximate surface area is 171 Å². The maximum absolute atomic E-state index is 13.2. The summed E-state index contributed by atoms with van der Waals surface area (Å²) >= 11 is 5.34. The number of carbonyl (C=O) groups is 1. The van der Waals surface area contributed by atoms with Gasteiger partial charge < -0.3 is 24.8 Å². The van der Waals surface area contributed by atoms with Crippen molar-refractivity contribution in [2.24, 2.45) is 5.92 Å². The molecule has 6 nitrogen and oxygen atoms in total. The van der Waals surface area contributed by atoms with Gasteiger partial charge in [0, 0.05) is 11.3 Å². The highest BCUT2D eigenvalue weighted by Gasteiger charge is 2.34. The van der Waals surface area contributed by atoms with Crippen LogP contribution < -0.4 is 20.1 Å². The predicted molar refractivity (Wildman–Crippen MR) is 111 cm³/mol. The van der Waals surface area contributed by atoms with Crippen LogP contribution in [-0.2, 0) is 9.53 Å². The maximum Gasteiger partial charge on any atom is 0.338 e. The predicted octanol–water partition coefficient (Wildman–Crippen LogP) is 3.62. The van der Waals surface area contributed by atoms with E-state index in [9.17, 15) is 4.79 Å². The molecule has 1 fully saturated rings. The van der Waals surface area contributed by atoms with Gasteiger partial charge in [-0.1, -0.05) is 13.3 Å². The van der Waals surface area contributed by atoms with Gasteiger partial charge in [0.25, 0.3) is 0 Å². The molecule has 1 aromatic rings. The van der Waals surface area contributed by atoms with Crippen LogP contribution in [0.2, 0.25) is 0 Å². The second-order valence-electron chi connectivity index (χ2n) is 7.48. The lowest BCUT2D eigenvalue weighted by atomic mass is 9.88. The van der Waals surface area contributed by atoms with E-state index in [1.807, 2.05) is 25.1 Å². The number of benzene rings is 1. The molecule has 0 unspecified atom stereocenters. The van der Waals surface area contributed by atoms with Crippen molar-refractivity contribution in [1.29, 1.82) is 0 Å². The summed E-state index contributed by atoms with van der Waals surface area (Å²) in [5.74, 6) is 1.57. The highest BCUT2D eigenvalue weighted by molar-refractivity contribution is 7.80. The Morgan fingerprint density at radius 3 is 2.68 bits per heavy atom. The largest absolute Gasteiger partial charge is 0.497 e. The van der Waals surface area contributed by atoms with Crippen LogP contribution in [0, 0.1) is 5.92 Å². The number of allylic oxidation sites excluding steroid dienone is 1. The second kappa shape index (κ2) is 8.82. The Balaban J connectivity index is 1.94. The molecule has 0 spiro atoms. The zero-order valence-electron chi connectivity index (χ0n) is 16.8. The van der Waals surface area contributed by atoms with E-state index in [0.29, 0.717) is 33.8 Å². The van der Waals surface area contributed by atoms with E-state index in [1.54, 1.807) is 14.2 Å². The van der Waals surface area contributed by atoms with Crippen molar-refractivity contribution >= 4 is 23.3 Å². The summed E-state index contributed by atoms with van der Waals surface area (Å²) in [6, 6.07) is 5.02. The minimum atomic E-state index is -0.479. The Morgan fingerprint density at radius 2 is 2.00 bits per heavy atom. The van der Waals surface area contributed by atoms with Gasteiger partial charge in [0.2, 0.25) is 0 Å². The van der Waals surface area contributed by atoms with E-state index in [1.165, 1.54) is 6.42 Å². The summed E-state index contributed by atoms with van der Waals surface area (Å²) in [5.41, 5.74) is 1.97. The normalized spacial score (nSPS) is 24.9. The summed E-state index contributed by atoms with van der Waals surface area (Å²) in [4.78, 5) is 13.2. The summed E-state index contributed by atoms with van der Waals surface area (Å²) < 4.78 is 16.8. The fraction of sp³-hybridized carbons (Fsp3) is 0.524. The van der Waals surface area contributed by atoms with E-state index < -0.39 is 6.04 Å². The number of hydrogen-bond donors (Lipinski definition) is 2. The lowest BCUT2D eigenvalue weighted by molar-refractivity contribution is -0.146. The third-order valence-electron chi connectivity index (χ3n) is 5.40. The van der Waals surface area contributed by atoms with E-state index in [0.717, 1.165) is 24.8 Å². The number of ether oxygens (including phenoxy) is 3. The molecule has 0 amide bonds. The lowest BCUT2D eigenvalue weighted by Gasteiger charge is -2.32. The zero-order chi connectivity index (χ0) is 20.3. The molecule has 0 saturated heterocycles. The Morgan fingerprint density at radius 1 is 1.21 bits per heavy atom. The average molecular weight is 405 g/mol. The van der Waals surface area contributed by atoms with Crippen LogP contribution in [0.1, 0.15) is 51.1 Å².